The van der Waals surface area contributed by atoms with Gasteiger partial charge >= 0.3 is 6.09 Å². The topological polar surface area (TPSA) is 444 Å². The Balaban J connectivity index is 0. The van der Waals surface area contributed by atoms with E-state index in [9.17, 15) is 71.9 Å². The van der Waals surface area contributed by atoms with E-state index in [1.54, 1.807) is 11.8 Å². The number of hydrogen-bond acceptors (Lipinski definition) is 24. The zero-order valence-corrected chi connectivity index (χ0v) is 98.4. The van der Waals surface area contributed by atoms with E-state index in [0.29, 0.717) is 104 Å². The Kier molecular flexibility index (Phi) is 75.9. The summed E-state index contributed by atoms with van der Waals surface area (Å²) in [4.78, 5) is 183. The van der Waals surface area contributed by atoms with Gasteiger partial charge in [-0.2, -0.15) is 11.8 Å². The number of ether oxygens (including phenoxy) is 1. The molecule has 0 saturated carbocycles. The van der Waals surface area contributed by atoms with Crippen molar-refractivity contribution >= 4 is 129 Å². The number of anilines is 1. The van der Waals surface area contributed by atoms with Crippen molar-refractivity contribution in [2.24, 2.45) is 41.1 Å². The molecule has 2 heterocycles. The van der Waals surface area contributed by atoms with E-state index < -0.39 is 0 Å². The molecule has 33 heteroatoms. The van der Waals surface area contributed by atoms with Gasteiger partial charge in [0.15, 0.2) is 11.6 Å². The van der Waals surface area contributed by atoms with Crippen LogP contribution in [0.4, 0.5) is 10.5 Å². The predicted molar refractivity (Wildman–Crippen MR) is 607 cm³/mol. The number of alkyl carbamates (subject to hydrolysis) is 1. The fourth-order valence-corrected chi connectivity index (χ4v) is 19.0. The molecule has 5 rings (SSSR count). The lowest BCUT2D eigenvalue weighted by Gasteiger charge is -2.26. The van der Waals surface area contributed by atoms with Crippen LogP contribution in [0.5, 0.6) is 0 Å². The summed E-state index contributed by atoms with van der Waals surface area (Å²) in [6.07, 6.45) is 11.8. The number of primary amides is 1. The van der Waals surface area contributed by atoms with Crippen LogP contribution in [0.15, 0.2) is 84.9 Å². The summed E-state index contributed by atoms with van der Waals surface area (Å²) in [5, 5.41) is 31.7. The number of ketones is 4. The van der Waals surface area contributed by atoms with Crippen LogP contribution in [0.2, 0.25) is 0 Å². The molecular formula is C114H198N14O16S3. The van der Waals surface area contributed by atoms with Gasteiger partial charge in [0.1, 0.15) is 18.2 Å². The van der Waals surface area contributed by atoms with Gasteiger partial charge in [0.2, 0.25) is 59.1 Å². The van der Waals surface area contributed by atoms with Crippen LogP contribution in [0.3, 0.4) is 0 Å². The number of nitrogens with two attached hydrogens (primary N) is 2. The molecule has 9 atom stereocenters. The first kappa shape index (κ1) is 140. The predicted octanol–water partition coefficient (Wildman–Crippen LogP) is 17.9. The van der Waals surface area contributed by atoms with Crippen molar-refractivity contribution in [2.45, 2.75) is 473 Å². The maximum absolute atomic E-state index is 13.0. The van der Waals surface area contributed by atoms with E-state index in [1.165, 1.54) is 21.6 Å². The number of thioether (sulfide) groups is 3. The summed E-state index contributed by atoms with van der Waals surface area (Å²) >= 11 is 5.03. The molecule has 11 amide bonds. The van der Waals surface area contributed by atoms with Crippen molar-refractivity contribution in [3.05, 3.63) is 102 Å². The molecule has 9 unspecified atom stereocenters. The Labute approximate surface area is 898 Å². The molecule has 838 valence electrons. The van der Waals surface area contributed by atoms with Crippen molar-refractivity contribution in [1.29, 1.82) is 0 Å². The molecule has 0 spiro atoms. The number of nitrogens with one attached hydrogen (secondary N) is 10. The molecule has 0 bridgehead atoms. The van der Waals surface area contributed by atoms with E-state index in [0.717, 1.165) is 73.7 Å². The fourth-order valence-electron chi connectivity index (χ4n) is 15.6. The van der Waals surface area contributed by atoms with Gasteiger partial charge in [-0.3, -0.25) is 76.9 Å². The SMILES string of the molecule is CC(C)NC(=O)C(CC(=O)C(C)NC(C)C)Cc1ccccc1.CC(C)NC(=O)C(CC(=O)C(CCCCN)NC(C)C)Cc1ccccc1.CC(C)NC(=O)C(CCCCC(N)=O)CC(=O)C(NC(C)C)C(C)C.CC(C)NC(=O)CCCCCN1C(=O)CC(SC(C)C)C1=O.CC(C)NC(=O)CCN1C(=O)CC(SC(C)C)C1=O.CC(C)NC(=O)OCc1ccc(NC(C)C)cc1.CC(C)SC(C)CCC(=O)C(C)C. The number of nitrogens with zero attached hydrogens (tertiary/aromatic N) is 2. The van der Waals surface area contributed by atoms with Crippen molar-refractivity contribution in [3.63, 3.8) is 0 Å². The van der Waals surface area contributed by atoms with E-state index in [-0.39, 0.29) is 234 Å². The second-order valence-electron chi connectivity index (χ2n) is 43.0. The van der Waals surface area contributed by atoms with Gasteiger partial charge in [-0.15, -0.1) is 23.5 Å². The molecule has 0 aliphatic carbocycles. The number of carbonyl (C=O) groups excluding carboxylic acids is 15. The number of carbonyl (C=O) groups is 15. The lowest BCUT2D eigenvalue weighted by Crippen LogP contribution is -2.46. The first-order chi connectivity index (χ1) is 68.7. The van der Waals surface area contributed by atoms with Gasteiger partial charge < -0.3 is 69.4 Å². The smallest absolute Gasteiger partial charge is 0.407 e. The molecule has 30 nitrogen and oxygen atoms in total. The van der Waals surface area contributed by atoms with Crippen LogP contribution >= 0.6 is 35.3 Å². The molecule has 0 radical (unpaired) electrons. The van der Waals surface area contributed by atoms with E-state index in [2.05, 4.69) is 87.8 Å². The second-order valence-corrected chi connectivity index (χ2v) is 48.6. The summed E-state index contributed by atoms with van der Waals surface area (Å²) in [5.41, 5.74) is 14.9. The Hall–Kier alpha value is -8.60. The highest BCUT2D eigenvalue weighted by Gasteiger charge is 2.41. The van der Waals surface area contributed by atoms with E-state index in [1.807, 2.05) is 284 Å². The van der Waals surface area contributed by atoms with Gasteiger partial charge in [0.05, 0.1) is 28.6 Å². The number of amides is 11. The third-order valence-electron chi connectivity index (χ3n) is 22.2. The van der Waals surface area contributed by atoms with Crippen LogP contribution in [-0.4, -0.2) is 228 Å². The van der Waals surface area contributed by atoms with Gasteiger partial charge in [0, 0.05) is 166 Å². The van der Waals surface area contributed by atoms with Crippen molar-refractivity contribution < 1.29 is 76.7 Å². The molecular weight excluding hydrogens is 1920 g/mol. The average molecular weight is 2120 g/mol. The van der Waals surface area contributed by atoms with E-state index >= 15 is 0 Å². The highest BCUT2D eigenvalue weighted by atomic mass is 32.2. The molecule has 147 heavy (non-hydrogen) atoms. The summed E-state index contributed by atoms with van der Waals surface area (Å²) in [6, 6.07) is 28.5. The van der Waals surface area contributed by atoms with Crippen molar-refractivity contribution in [2.75, 3.05) is 25.0 Å². The lowest BCUT2D eigenvalue weighted by molar-refractivity contribution is -0.140. The number of Topliss-reactive ketones (excluding diaryl/α,β-unsaturated/α-hetero) is 4. The van der Waals surface area contributed by atoms with Crippen molar-refractivity contribution in [3.8, 4) is 0 Å². The zero-order valence-electron chi connectivity index (χ0n) is 95.9. The molecule has 3 aromatic rings. The normalized spacial score (nSPS) is 14.9. The number of rotatable bonds is 61. The molecule has 2 saturated heterocycles. The monoisotopic (exact) mass is 2120 g/mol. The minimum atomic E-state index is -0.380. The average Bonchev–Trinajstić information content (AvgIpc) is 1.69. The van der Waals surface area contributed by atoms with Crippen LogP contribution in [0, 0.1) is 29.6 Å². The minimum absolute atomic E-state index is 0.0328. The first-order valence-corrected chi connectivity index (χ1v) is 56.9. The minimum Gasteiger partial charge on any atom is -0.445 e. The maximum atomic E-state index is 13.0. The Morgan fingerprint density at radius 2 is 0.803 bits per heavy atom. The Morgan fingerprint density at radius 3 is 1.21 bits per heavy atom. The molecule has 3 aromatic carbocycles. The Bertz CT molecular complexity index is 4270. The number of imide groups is 2. The number of likely N-dealkylation sites (tertiary alicyclic amines) is 2. The van der Waals surface area contributed by atoms with Gasteiger partial charge in [-0.1, -0.05) is 210 Å². The van der Waals surface area contributed by atoms with Gasteiger partial charge in [-0.25, -0.2) is 4.79 Å². The van der Waals surface area contributed by atoms with Gasteiger partial charge in [0.25, 0.3) is 0 Å². The summed E-state index contributed by atoms with van der Waals surface area (Å²) < 4.78 is 5.09. The lowest BCUT2D eigenvalue weighted by atomic mass is 9.88. The second kappa shape index (κ2) is 79.4. The fraction of sp³-hybridized carbons (Fsp3) is 0.711. The largest absolute Gasteiger partial charge is 0.445 e. The molecule has 2 fully saturated rings. The quantitative estimate of drug-likeness (QED) is 0.0184. The van der Waals surface area contributed by atoms with E-state index in [4.69, 9.17) is 16.2 Å². The number of benzene rings is 3. The third-order valence-corrected chi connectivity index (χ3v) is 26.0. The standard InChI is InChI=1S/C22H37N3O2.C19H37N3O3.C19H30N2O2.C16H28N2O3S.C14H22N2O2.C13H22N2O3S.C11H22OS/c1-16(2)24-20(12-8-9-13-23)21(26)15-19(22(27)25-17(3)4)14-18-10-6-5-7-11-18;1-12(2)18(21-13(3)4)16(23)11-15(19(25)22-14(5)6)9-7-8-10-17(20)24;1-13(2)20-15(5)18(22)12-17(19(23)21-14(3)4)11-16-9-7-6-8-10-16;1-11(2)17-14(19)8-6-5-7-9-18-15(20)10-13(16(18)21)22-12(3)4;1-10(2)15-13-7-5-12(6-8-13)9-18-14(17)16-11(3)4;1-8(2)14-11(16)5-6-15-12(17)7-10(13(15)18)19-9(3)4;1-8(2)11(12)7-6-10(5)13-9(3)4/h5-7,10-11,16-17,19-20,24H,8-9,12-15,23H2,1-4H3,(H,25,27);12-15,18,21H,7-11H2,1-6H3,(H2,20,24)(H,22,25);6-10,13-15,17,20H,11-12H2,1-5H3,(H,21,23);11-13H,5-10H2,1-4H3,(H,17,19);5-8,10-11,15H,9H2,1-4H3,(H,16,17);8-10H,5-7H2,1-4H3,(H,14,16);8-10H,6-7H2,1-5H3. The zero-order chi connectivity index (χ0) is 112. The van der Waals surface area contributed by atoms with Crippen LogP contribution in [0.1, 0.15) is 360 Å². The number of unbranched alkanes of at least 4 members (excludes halogenated alkanes) is 4. The maximum Gasteiger partial charge on any atom is 0.407 e. The highest BCUT2D eigenvalue weighted by Crippen LogP contribution is 2.31. The highest BCUT2D eigenvalue weighted by molar-refractivity contribution is 8.01. The first-order valence-electron chi connectivity index (χ1n) is 54.1. The Morgan fingerprint density at radius 1 is 0.381 bits per heavy atom. The summed E-state index contributed by atoms with van der Waals surface area (Å²) in [7, 11) is 0. The summed E-state index contributed by atoms with van der Waals surface area (Å²) in [5.74, 6) is -1.01. The molecule has 2 aliphatic heterocycles. The number of hydrogen-bond donors (Lipinski definition) is 12. The van der Waals surface area contributed by atoms with Gasteiger partial charge in [-0.05, 0) is 219 Å². The van der Waals surface area contributed by atoms with Crippen LogP contribution < -0.4 is 64.6 Å². The summed E-state index contributed by atoms with van der Waals surface area (Å²) in [6.45, 7) is 65.4. The molecule has 0 aromatic heterocycles. The van der Waals surface area contributed by atoms with Crippen molar-refractivity contribution in [1.82, 2.24) is 57.7 Å². The molecule has 2 aliphatic rings. The van der Waals surface area contributed by atoms with Crippen LogP contribution in [0.25, 0.3) is 0 Å². The molecule has 14 N–H and O–H groups in total. The van der Waals surface area contributed by atoms with Crippen LogP contribution in [-0.2, 0) is 91.3 Å². The third kappa shape index (κ3) is 71.0.